The molecule has 0 aliphatic rings. The van der Waals surface area contributed by atoms with Crippen LogP contribution in [0.25, 0.3) is 0 Å². The minimum atomic E-state index is -0.984. The standard InChI is InChI=1S/C4H4N2O2.C4H4S/c7-4(8)3-1-2-5-6-3;1-2-4-5-3-1/h1-2H,(H,5,6)(H,7,8);1-4H. The predicted molar refractivity (Wildman–Crippen MR) is 49.9 cm³/mol. The first kappa shape index (κ1) is 9.47. The van der Waals surface area contributed by atoms with Gasteiger partial charge in [-0.1, -0.05) is 12.1 Å². The largest absolute Gasteiger partial charge is 0.477 e. The summed E-state index contributed by atoms with van der Waals surface area (Å²) in [5.41, 5.74) is 0.116. The number of carboxylic acid groups (broad SMARTS) is 1. The topological polar surface area (TPSA) is 66.0 Å². The molecule has 68 valence electrons. The summed E-state index contributed by atoms with van der Waals surface area (Å²) in [5, 5.41) is 18.0. The molecule has 2 aromatic heterocycles. The summed E-state index contributed by atoms with van der Waals surface area (Å²) in [5.74, 6) is -0.984. The number of hydrogen-bond acceptors (Lipinski definition) is 3. The fraction of sp³-hybridized carbons (Fsp3) is 0. The fourth-order valence-corrected chi connectivity index (χ4v) is 1.06. The first-order valence-corrected chi connectivity index (χ1v) is 4.45. The Balaban J connectivity index is 0.000000145. The van der Waals surface area contributed by atoms with Crippen LogP contribution in [0.5, 0.6) is 0 Å². The summed E-state index contributed by atoms with van der Waals surface area (Å²) >= 11 is 1.71. The number of nitrogens with zero attached hydrogens (tertiary/aromatic N) is 1. The van der Waals surface area contributed by atoms with Crippen LogP contribution in [-0.2, 0) is 0 Å². The Bertz CT molecular complexity index is 312. The molecular formula is C8H8N2O2S. The molecule has 0 unspecified atom stereocenters. The Labute approximate surface area is 78.9 Å². The number of aromatic amines is 1. The monoisotopic (exact) mass is 196 g/mol. The molecule has 0 radical (unpaired) electrons. The highest BCUT2D eigenvalue weighted by Crippen LogP contribution is 1.91. The number of hydrogen-bond donors (Lipinski definition) is 2. The van der Waals surface area contributed by atoms with Gasteiger partial charge in [-0.3, -0.25) is 5.10 Å². The smallest absolute Gasteiger partial charge is 0.353 e. The first-order valence-electron chi connectivity index (χ1n) is 3.50. The lowest BCUT2D eigenvalue weighted by molar-refractivity contribution is 0.0690. The third kappa shape index (κ3) is 3.53. The minimum absolute atomic E-state index is 0.116. The Hall–Kier alpha value is -1.62. The molecule has 0 amide bonds. The number of H-pyrrole nitrogens is 1. The van der Waals surface area contributed by atoms with Crippen molar-refractivity contribution < 1.29 is 9.90 Å². The van der Waals surface area contributed by atoms with Gasteiger partial charge in [-0.15, -0.1) is 0 Å². The van der Waals surface area contributed by atoms with Crippen LogP contribution >= 0.6 is 11.3 Å². The molecular weight excluding hydrogens is 188 g/mol. The zero-order chi connectivity index (χ0) is 9.52. The second-order valence-corrected chi connectivity index (χ2v) is 2.89. The SMILES string of the molecule is O=C(O)c1ccn[nH]1.c1ccsc1. The van der Waals surface area contributed by atoms with Crippen molar-refractivity contribution in [2.75, 3.05) is 0 Å². The number of rotatable bonds is 1. The molecule has 0 atom stereocenters. The molecule has 0 aromatic carbocycles. The molecule has 4 nitrogen and oxygen atoms in total. The molecule has 0 saturated heterocycles. The lowest BCUT2D eigenvalue weighted by Gasteiger charge is -1.79. The quantitative estimate of drug-likeness (QED) is 0.731. The molecule has 2 N–H and O–H groups in total. The number of aromatic carboxylic acids is 1. The van der Waals surface area contributed by atoms with Crippen molar-refractivity contribution in [2.24, 2.45) is 0 Å². The van der Waals surface area contributed by atoms with E-state index in [0.29, 0.717) is 0 Å². The second-order valence-electron chi connectivity index (χ2n) is 2.07. The van der Waals surface area contributed by atoms with Crippen LogP contribution in [0.2, 0.25) is 0 Å². The van der Waals surface area contributed by atoms with E-state index in [2.05, 4.69) is 10.2 Å². The Morgan fingerprint density at radius 1 is 1.46 bits per heavy atom. The summed E-state index contributed by atoms with van der Waals surface area (Å²) in [6.07, 6.45) is 1.39. The Morgan fingerprint density at radius 3 is 2.38 bits per heavy atom. The molecule has 0 spiro atoms. The van der Waals surface area contributed by atoms with E-state index in [1.165, 1.54) is 12.3 Å². The molecule has 2 heterocycles. The van der Waals surface area contributed by atoms with Crippen LogP contribution in [0, 0.1) is 0 Å². The first-order chi connectivity index (χ1) is 6.30. The van der Waals surface area contributed by atoms with E-state index in [1.807, 2.05) is 22.9 Å². The zero-order valence-corrected chi connectivity index (χ0v) is 7.49. The maximum absolute atomic E-state index is 9.99. The summed E-state index contributed by atoms with van der Waals surface area (Å²) in [6, 6.07) is 5.43. The van der Waals surface area contributed by atoms with Crippen LogP contribution in [0.4, 0.5) is 0 Å². The van der Waals surface area contributed by atoms with Gasteiger partial charge in [-0.25, -0.2) is 4.79 Å². The van der Waals surface area contributed by atoms with Crippen LogP contribution < -0.4 is 0 Å². The van der Waals surface area contributed by atoms with E-state index >= 15 is 0 Å². The van der Waals surface area contributed by atoms with Crippen molar-refractivity contribution in [3.8, 4) is 0 Å². The van der Waals surface area contributed by atoms with E-state index in [9.17, 15) is 4.79 Å². The van der Waals surface area contributed by atoms with E-state index in [0.717, 1.165) is 0 Å². The lowest BCUT2D eigenvalue weighted by Crippen LogP contribution is -1.95. The van der Waals surface area contributed by atoms with Crippen molar-refractivity contribution in [3.05, 3.63) is 40.8 Å². The van der Waals surface area contributed by atoms with Crippen molar-refractivity contribution in [2.45, 2.75) is 0 Å². The highest BCUT2D eigenvalue weighted by molar-refractivity contribution is 7.07. The van der Waals surface area contributed by atoms with Crippen LogP contribution in [0.3, 0.4) is 0 Å². The van der Waals surface area contributed by atoms with Crippen molar-refractivity contribution >= 4 is 17.3 Å². The number of nitrogens with one attached hydrogen (secondary N) is 1. The molecule has 0 aliphatic carbocycles. The summed E-state index contributed by atoms with van der Waals surface area (Å²) < 4.78 is 0. The lowest BCUT2D eigenvalue weighted by atomic mass is 10.5. The summed E-state index contributed by atoms with van der Waals surface area (Å²) in [7, 11) is 0. The van der Waals surface area contributed by atoms with Crippen molar-refractivity contribution in [3.63, 3.8) is 0 Å². The van der Waals surface area contributed by atoms with Gasteiger partial charge in [0.15, 0.2) is 0 Å². The number of thiophene rings is 1. The van der Waals surface area contributed by atoms with Gasteiger partial charge in [0.25, 0.3) is 0 Å². The summed E-state index contributed by atoms with van der Waals surface area (Å²) in [4.78, 5) is 9.99. The van der Waals surface area contributed by atoms with Crippen molar-refractivity contribution in [1.82, 2.24) is 10.2 Å². The average Bonchev–Trinajstić information content (AvgIpc) is 2.82. The van der Waals surface area contributed by atoms with Crippen molar-refractivity contribution in [1.29, 1.82) is 0 Å². The maximum Gasteiger partial charge on any atom is 0.353 e. The van der Waals surface area contributed by atoms with Crippen LogP contribution in [0.1, 0.15) is 10.5 Å². The van der Waals surface area contributed by atoms with Gasteiger partial charge in [0.05, 0.1) is 0 Å². The second kappa shape index (κ2) is 5.10. The molecule has 5 heteroatoms. The van der Waals surface area contributed by atoms with Gasteiger partial charge in [-0.05, 0) is 16.8 Å². The molecule has 2 aromatic rings. The average molecular weight is 196 g/mol. The molecule has 13 heavy (non-hydrogen) atoms. The highest BCUT2D eigenvalue weighted by Gasteiger charge is 1.99. The number of carbonyl (C=O) groups is 1. The number of aromatic nitrogens is 2. The highest BCUT2D eigenvalue weighted by atomic mass is 32.1. The van der Waals surface area contributed by atoms with E-state index in [-0.39, 0.29) is 5.69 Å². The Kier molecular flexibility index (Phi) is 3.72. The fourth-order valence-electron chi connectivity index (χ4n) is 0.602. The van der Waals surface area contributed by atoms with Crippen LogP contribution in [0.15, 0.2) is 35.2 Å². The third-order valence-electron chi connectivity index (χ3n) is 1.16. The van der Waals surface area contributed by atoms with Gasteiger partial charge < -0.3 is 5.11 Å². The normalized spacial score (nSPS) is 8.62. The summed E-state index contributed by atoms with van der Waals surface area (Å²) in [6.45, 7) is 0. The van der Waals surface area contributed by atoms with Gasteiger partial charge in [0, 0.05) is 6.20 Å². The van der Waals surface area contributed by atoms with Gasteiger partial charge in [0.2, 0.25) is 0 Å². The van der Waals surface area contributed by atoms with Gasteiger partial charge >= 0.3 is 5.97 Å². The van der Waals surface area contributed by atoms with E-state index in [4.69, 9.17) is 5.11 Å². The predicted octanol–water partition coefficient (Wildman–Crippen LogP) is 1.86. The molecule has 0 bridgehead atoms. The zero-order valence-electron chi connectivity index (χ0n) is 6.68. The Morgan fingerprint density at radius 2 is 2.15 bits per heavy atom. The number of carboxylic acids is 1. The molecule has 2 rings (SSSR count). The van der Waals surface area contributed by atoms with Crippen LogP contribution in [-0.4, -0.2) is 21.3 Å². The van der Waals surface area contributed by atoms with Gasteiger partial charge in [-0.2, -0.15) is 16.4 Å². The maximum atomic E-state index is 9.99. The molecule has 0 aliphatic heterocycles. The minimum Gasteiger partial charge on any atom is -0.477 e. The third-order valence-corrected chi connectivity index (χ3v) is 1.79. The van der Waals surface area contributed by atoms with E-state index in [1.54, 1.807) is 11.3 Å². The van der Waals surface area contributed by atoms with E-state index < -0.39 is 5.97 Å². The molecule has 0 saturated carbocycles. The molecule has 0 fully saturated rings. The van der Waals surface area contributed by atoms with Gasteiger partial charge in [0.1, 0.15) is 5.69 Å².